The summed E-state index contributed by atoms with van der Waals surface area (Å²) in [5, 5.41) is 26.9. The lowest BCUT2D eigenvalue weighted by Crippen LogP contribution is -2.31. The van der Waals surface area contributed by atoms with Gasteiger partial charge in [0.25, 0.3) is 0 Å². The van der Waals surface area contributed by atoms with Crippen LogP contribution in [0.15, 0.2) is 0 Å². The molecule has 1 rings (SSSR count). The summed E-state index contributed by atoms with van der Waals surface area (Å²) in [6.07, 6.45) is -3.15. The summed E-state index contributed by atoms with van der Waals surface area (Å²) < 4.78 is 4.79. The highest BCUT2D eigenvalue weighted by Gasteiger charge is 2.40. The van der Waals surface area contributed by atoms with Crippen molar-refractivity contribution in [2.75, 3.05) is 0 Å². The summed E-state index contributed by atoms with van der Waals surface area (Å²) in [6.45, 7) is 1.82. The van der Waals surface area contributed by atoms with Crippen molar-refractivity contribution < 1.29 is 20.1 Å². The Kier molecular flexibility index (Phi) is 2.25. The van der Waals surface area contributed by atoms with Gasteiger partial charge in [0.15, 0.2) is 6.29 Å². The van der Waals surface area contributed by atoms with E-state index in [-0.39, 0.29) is 0 Å². The zero-order valence-electron chi connectivity index (χ0n) is 5.77. The standard InChI is InChI=1S/C6H12O4/c1-2-3-4(7)5(8)6(9)10-3/h3-9H,2H2,1H3/t3-,4+,5+,6+/m1/s1. The molecule has 4 atom stereocenters. The molecule has 0 radical (unpaired) electrons. The Labute approximate surface area is 59.1 Å². The van der Waals surface area contributed by atoms with E-state index in [4.69, 9.17) is 20.1 Å². The molecule has 10 heavy (non-hydrogen) atoms. The van der Waals surface area contributed by atoms with Gasteiger partial charge in [0.1, 0.15) is 12.2 Å². The van der Waals surface area contributed by atoms with Gasteiger partial charge in [-0.3, -0.25) is 0 Å². The molecule has 0 aromatic rings. The van der Waals surface area contributed by atoms with Crippen molar-refractivity contribution in [1.29, 1.82) is 0 Å². The van der Waals surface area contributed by atoms with Gasteiger partial charge in [0.05, 0.1) is 6.10 Å². The predicted molar refractivity (Wildman–Crippen MR) is 33.2 cm³/mol. The van der Waals surface area contributed by atoms with Crippen LogP contribution in [-0.4, -0.2) is 39.9 Å². The largest absolute Gasteiger partial charge is 0.387 e. The van der Waals surface area contributed by atoms with Crippen LogP contribution < -0.4 is 0 Å². The summed E-state index contributed by atoms with van der Waals surface area (Å²) in [5.74, 6) is 0. The van der Waals surface area contributed by atoms with Crippen LogP contribution >= 0.6 is 0 Å². The highest BCUT2D eigenvalue weighted by Crippen LogP contribution is 2.21. The minimum Gasteiger partial charge on any atom is -0.387 e. The quantitative estimate of drug-likeness (QED) is 0.438. The average molecular weight is 148 g/mol. The molecule has 0 aliphatic carbocycles. The second-order valence-corrected chi connectivity index (χ2v) is 2.45. The highest BCUT2D eigenvalue weighted by atomic mass is 16.6. The van der Waals surface area contributed by atoms with Crippen LogP contribution in [0.5, 0.6) is 0 Å². The summed E-state index contributed by atoms with van der Waals surface area (Å²) in [6, 6.07) is 0. The molecule has 60 valence electrons. The Bertz CT molecular complexity index is 116. The van der Waals surface area contributed by atoms with Crippen LogP contribution in [-0.2, 0) is 4.74 Å². The minimum atomic E-state index is -1.22. The van der Waals surface area contributed by atoms with Gasteiger partial charge in [-0.2, -0.15) is 0 Å². The summed E-state index contributed by atoms with van der Waals surface area (Å²) in [5.41, 5.74) is 0. The molecule has 0 spiro atoms. The number of aliphatic hydroxyl groups is 3. The average Bonchev–Trinajstić information content (AvgIpc) is 2.17. The van der Waals surface area contributed by atoms with Crippen LogP contribution in [0.1, 0.15) is 13.3 Å². The Morgan fingerprint density at radius 1 is 1.20 bits per heavy atom. The fraction of sp³-hybridized carbons (Fsp3) is 1.00. The lowest BCUT2D eigenvalue weighted by Gasteiger charge is -2.10. The summed E-state index contributed by atoms with van der Waals surface area (Å²) in [4.78, 5) is 0. The summed E-state index contributed by atoms with van der Waals surface area (Å²) >= 11 is 0. The van der Waals surface area contributed by atoms with E-state index in [2.05, 4.69) is 0 Å². The highest BCUT2D eigenvalue weighted by molar-refractivity contribution is 4.84. The van der Waals surface area contributed by atoms with Gasteiger partial charge < -0.3 is 20.1 Å². The smallest absolute Gasteiger partial charge is 0.183 e. The van der Waals surface area contributed by atoms with E-state index in [1.165, 1.54) is 0 Å². The molecule has 0 aromatic carbocycles. The molecular formula is C6H12O4. The molecule has 0 bridgehead atoms. The van der Waals surface area contributed by atoms with Crippen LogP contribution in [0, 0.1) is 0 Å². The molecule has 0 amide bonds. The fourth-order valence-electron chi connectivity index (χ4n) is 1.07. The molecular weight excluding hydrogens is 136 g/mol. The van der Waals surface area contributed by atoms with Crippen LogP contribution in [0.2, 0.25) is 0 Å². The molecule has 4 heteroatoms. The molecule has 0 aromatic heterocycles. The summed E-state index contributed by atoms with van der Waals surface area (Å²) in [7, 11) is 0. The zero-order chi connectivity index (χ0) is 7.72. The van der Waals surface area contributed by atoms with Crippen molar-refractivity contribution in [2.24, 2.45) is 0 Å². The van der Waals surface area contributed by atoms with Crippen molar-refractivity contribution in [3.8, 4) is 0 Å². The van der Waals surface area contributed by atoms with Gasteiger partial charge in [0, 0.05) is 0 Å². The van der Waals surface area contributed by atoms with Crippen molar-refractivity contribution in [1.82, 2.24) is 0 Å². The Morgan fingerprint density at radius 3 is 2.00 bits per heavy atom. The first kappa shape index (κ1) is 7.94. The first-order valence-electron chi connectivity index (χ1n) is 3.36. The van der Waals surface area contributed by atoms with E-state index < -0.39 is 24.6 Å². The van der Waals surface area contributed by atoms with Gasteiger partial charge in [-0.25, -0.2) is 0 Å². The van der Waals surface area contributed by atoms with Gasteiger partial charge in [-0.1, -0.05) is 6.92 Å². The SMILES string of the molecule is CC[C@H]1O[C@H](O)[C@@H](O)[C@H]1O. The molecule has 3 N–H and O–H groups in total. The Morgan fingerprint density at radius 2 is 1.80 bits per heavy atom. The van der Waals surface area contributed by atoms with Crippen LogP contribution in [0.3, 0.4) is 0 Å². The maximum Gasteiger partial charge on any atom is 0.183 e. The third-order valence-electron chi connectivity index (χ3n) is 1.74. The Balaban J connectivity index is 2.53. The van der Waals surface area contributed by atoms with E-state index >= 15 is 0 Å². The predicted octanol–water partition coefficient (Wildman–Crippen LogP) is -1.16. The molecule has 1 heterocycles. The normalized spacial score (nSPS) is 48.0. The third-order valence-corrected chi connectivity index (χ3v) is 1.74. The Hall–Kier alpha value is -0.160. The van der Waals surface area contributed by atoms with Crippen LogP contribution in [0.25, 0.3) is 0 Å². The van der Waals surface area contributed by atoms with Crippen molar-refractivity contribution in [3.63, 3.8) is 0 Å². The third kappa shape index (κ3) is 1.15. The first-order valence-corrected chi connectivity index (χ1v) is 3.36. The lowest BCUT2D eigenvalue weighted by atomic mass is 10.1. The zero-order valence-corrected chi connectivity index (χ0v) is 5.77. The topological polar surface area (TPSA) is 69.9 Å². The van der Waals surface area contributed by atoms with Crippen molar-refractivity contribution in [3.05, 3.63) is 0 Å². The molecule has 0 unspecified atom stereocenters. The number of aliphatic hydroxyl groups excluding tert-OH is 3. The number of ether oxygens (including phenoxy) is 1. The number of hydrogen-bond acceptors (Lipinski definition) is 4. The molecule has 4 nitrogen and oxygen atoms in total. The van der Waals surface area contributed by atoms with E-state index in [0.29, 0.717) is 6.42 Å². The van der Waals surface area contributed by atoms with Gasteiger partial charge >= 0.3 is 0 Å². The van der Waals surface area contributed by atoms with Crippen molar-refractivity contribution >= 4 is 0 Å². The van der Waals surface area contributed by atoms with E-state index in [0.717, 1.165) is 0 Å². The second kappa shape index (κ2) is 2.84. The van der Waals surface area contributed by atoms with Gasteiger partial charge in [-0.15, -0.1) is 0 Å². The van der Waals surface area contributed by atoms with Gasteiger partial charge in [0.2, 0.25) is 0 Å². The minimum absolute atomic E-state index is 0.426. The van der Waals surface area contributed by atoms with Gasteiger partial charge in [-0.05, 0) is 6.42 Å². The van der Waals surface area contributed by atoms with E-state index in [9.17, 15) is 0 Å². The molecule has 0 saturated carbocycles. The molecule has 1 saturated heterocycles. The molecule has 1 aliphatic heterocycles. The number of hydrogen-bond donors (Lipinski definition) is 3. The molecule has 1 aliphatic rings. The van der Waals surface area contributed by atoms with E-state index in [1.807, 2.05) is 6.92 Å². The maximum atomic E-state index is 9.09. The lowest BCUT2D eigenvalue weighted by molar-refractivity contribution is -0.127. The first-order chi connectivity index (χ1) is 4.66. The fourth-order valence-corrected chi connectivity index (χ4v) is 1.07. The van der Waals surface area contributed by atoms with Crippen molar-refractivity contribution in [2.45, 2.75) is 37.9 Å². The maximum absolute atomic E-state index is 9.09. The second-order valence-electron chi connectivity index (χ2n) is 2.45. The van der Waals surface area contributed by atoms with E-state index in [1.54, 1.807) is 0 Å². The van der Waals surface area contributed by atoms with Crippen LogP contribution in [0.4, 0.5) is 0 Å². The monoisotopic (exact) mass is 148 g/mol. The molecule has 1 fully saturated rings. The number of rotatable bonds is 1.